The number of hydrogen-bond acceptors (Lipinski definition) is 2. The van der Waals surface area contributed by atoms with E-state index < -0.39 is 0 Å². The Labute approximate surface area is 92.1 Å². The highest BCUT2D eigenvalue weighted by Gasteiger charge is 2.34. The van der Waals surface area contributed by atoms with Gasteiger partial charge in [0, 0.05) is 32.3 Å². The summed E-state index contributed by atoms with van der Waals surface area (Å²) in [5.41, 5.74) is 1.40. The van der Waals surface area contributed by atoms with E-state index in [-0.39, 0.29) is 0 Å². The zero-order valence-electron chi connectivity index (χ0n) is 10.1. The first-order valence-corrected chi connectivity index (χ1v) is 5.75. The van der Waals surface area contributed by atoms with Gasteiger partial charge in [-0.05, 0) is 24.4 Å². The van der Waals surface area contributed by atoms with Crippen molar-refractivity contribution >= 4 is 0 Å². The fourth-order valence-electron chi connectivity index (χ4n) is 2.69. The van der Waals surface area contributed by atoms with Crippen molar-refractivity contribution in [2.75, 3.05) is 20.1 Å². The number of rotatable bonds is 2. The van der Waals surface area contributed by atoms with Crippen molar-refractivity contribution in [1.82, 2.24) is 14.7 Å². The van der Waals surface area contributed by atoms with Crippen molar-refractivity contribution in [1.29, 1.82) is 0 Å². The summed E-state index contributed by atoms with van der Waals surface area (Å²) >= 11 is 0. The average molecular weight is 207 g/mol. The summed E-state index contributed by atoms with van der Waals surface area (Å²) in [7, 11) is 4.21. The van der Waals surface area contributed by atoms with Gasteiger partial charge in [-0.3, -0.25) is 4.68 Å². The highest BCUT2D eigenvalue weighted by Crippen LogP contribution is 2.36. The molecule has 2 atom stereocenters. The maximum Gasteiger partial charge on any atom is 0.0525 e. The Morgan fingerprint density at radius 2 is 2.07 bits per heavy atom. The van der Waals surface area contributed by atoms with E-state index in [1.54, 1.807) is 0 Å². The summed E-state index contributed by atoms with van der Waals surface area (Å²) in [5, 5.41) is 4.28. The van der Waals surface area contributed by atoms with Gasteiger partial charge in [0.25, 0.3) is 0 Å². The first-order valence-electron chi connectivity index (χ1n) is 5.75. The van der Waals surface area contributed by atoms with Crippen LogP contribution in [0.5, 0.6) is 0 Å². The van der Waals surface area contributed by atoms with E-state index in [2.05, 4.69) is 37.1 Å². The molecule has 0 spiro atoms. The Morgan fingerprint density at radius 3 is 2.60 bits per heavy atom. The molecule has 3 nitrogen and oxygen atoms in total. The van der Waals surface area contributed by atoms with Gasteiger partial charge in [-0.15, -0.1) is 0 Å². The summed E-state index contributed by atoms with van der Waals surface area (Å²) in [4.78, 5) is 2.43. The molecule has 1 saturated heterocycles. The number of aromatic nitrogens is 2. The Balaban J connectivity index is 2.20. The molecule has 15 heavy (non-hydrogen) atoms. The van der Waals surface area contributed by atoms with E-state index in [1.165, 1.54) is 18.7 Å². The van der Waals surface area contributed by atoms with Gasteiger partial charge < -0.3 is 4.90 Å². The summed E-state index contributed by atoms with van der Waals surface area (Å²) in [6.45, 7) is 7.05. The Morgan fingerprint density at radius 1 is 1.33 bits per heavy atom. The van der Waals surface area contributed by atoms with E-state index in [9.17, 15) is 0 Å². The number of likely N-dealkylation sites (N-methyl/N-ethyl adjacent to an activating group) is 1. The van der Waals surface area contributed by atoms with Crippen LogP contribution in [0.3, 0.4) is 0 Å². The highest BCUT2D eigenvalue weighted by atomic mass is 15.2. The van der Waals surface area contributed by atoms with Crippen LogP contribution in [0.25, 0.3) is 0 Å². The lowest BCUT2D eigenvalue weighted by Crippen LogP contribution is -2.17. The molecule has 0 radical (unpaired) electrons. The van der Waals surface area contributed by atoms with E-state index in [0.29, 0.717) is 5.92 Å². The van der Waals surface area contributed by atoms with E-state index >= 15 is 0 Å². The van der Waals surface area contributed by atoms with Gasteiger partial charge in [-0.1, -0.05) is 13.8 Å². The fourth-order valence-corrected chi connectivity index (χ4v) is 2.69. The molecule has 1 aromatic rings. The molecule has 3 heteroatoms. The van der Waals surface area contributed by atoms with Gasteiger partial charge in [0.05, 0.1) is 6.20 Å². The van der Waals surface area contributed by atoms with Crippen LogP contribution in [0.1, 0.15) is 25.3 Å². The van der Waals surface area contributed by atoms with Crippen molar-refractivity contribution in [3.05, 3.63) is 18.0 Å². The number of hydrogen-bond donors (Lipinski definition) is 0. The third kappa shape index (κ3) is 2.07. The minimum atomic E-state index is 0.670. The predicted octanol–water partition coefficient (Wildman–Crippen LogP) is 1.72. The molecule has 0 aromatic carbocycles. The van der Waals surface area contributed by atoms with Crippen molar-refractivity contribution in [2.24, 2.45) is 18.9 Å². The minimum absolute atomic E-state index is 0.670. The minimum Gasteiger partial charge on any atom is -0.305 e. The third-order valence-electron chi connectivity index (χ3n) is 3.56. The molecule has 0 amide bonds. The molecule has 0 bridgehead atoms. The molecule has 1 fully saturated rings. The van der Waals surface area contributed by atoms with Crippen molar-refractivity contribution < 1.29 is 0 Å². The van der Waals surface area contributed by atoms with E-state index in [4.69, 9.17) is 0 Å². The van der Waals surface area contributed by atoms with Crippen LogP contribution >= 0.6 is 0 Å². The van der Waals surface area contributed by atoms with Gasteiger partial charge in [-0.25, -0.2) is 0 Å². The van der Waals surface area contributed by atoms with Gasteiger partial charge in [0.1, 0.15) is 0 Å². The summed E-state index contributed by atoms with van der Waals surface area (Å²) in [6, 6.07) is 0. The Hall–Kier alpha value is -0.830. The first-order chi connectivity index (χ1) is 7.08. The average Bonchev–Trinajstić information content (AvgIpc) is 2.71. The van der Waals surface area contributed by atoms with Crippen molar-refractivity contribution in [3.8, 4) is 0 Å². The second kappa shape index (κ2) is 3.97. The van der Waals surface area contributed by atoms with Crippen molar-refractivity contribution in [2.45, 2.75) is 19.8 Å². The Kier molecular flexibility index (Phi) is 2.83. The van der Waals surface area contributed by atoms with Crippen LogP contribution in [-0.4, -0.2) is 34.8 Å². The third-order valence-corrected chi connectivity index (χ3v) is 3.56. The molecule has 2 rings (SSSR count). The molecule has 0 N–H and O–H groups in total. The maximum absolute atomic E-state index is 4.28. The smallest absolute Gasteiger partial charge is 0.0525 e. The van der Waals surface area contributed by atoms with Gasteiger partial charge >= 0.3 is 0 Å². The molecule has 2 unspecified atom stereocenters. The standard InChI is InChI=1S/C12H21N3/c1-9(2)11-7-14(3)8-12(11)10-5-13-15(4)6-10/h5-6,9,11-12H,7-8H2,1-4H3. The second-order valence-electron chi connectivity index (χ2n) is 5.18. The lowest BCUT2D eigenvalue weighted by molar-refractivity contribution is 0.344. The van der Waals surface area contributed by atoms with E-state index in [0.717, 1.165) is 11.8 Å². The zero-order valence-corrected chi connectivity index (χ0v) is 10.1. The van der Waals surface area contributed by atoms with Crippen LogP contribution in [-0.2, 0) is 7.05 Å². The number of aryl methyl sites for hydroxylation is 1. The SMILES string of the molecule is CC(C)C1CN(C)CC1c1cnn(C)c1. The van der Waals surface area contributed by atoms with Crippen LogP contribution in [0.2, 0.25) is 0 Å². The molecule has 1 aromatic heterocycles. The second-order valence-corrected chi connectivity index (χ2v) is 5.18. The van der Waals surface area contributed by atoms with Crippen LogP contribution in [0, 0.1) is 11.8 Å². The molecular formula is C12H21N3. The Bertz CT molecular complexity index is 329. The zero-order chi connectivity index (χ0) is 11.0. The number of nitrogens with zero attached hydrogens (tertiary/aromatic N) is 3. The normalized spacial score (nSPS) is 27.8. The molecule has 1 aliphatic rings. The van der Waals surface area contributed by atoms with E-state index in [1.807, 2.05) is 17.9 Å². The maximum atomic E-state index is 4.28. The predicted molar refractivity (Wildman–Crippen MR) is 61.8 cm³/mol. The molecule has 84 valence electrons. The van der Waals surface area contributed by atoms with Gasteiger partial charge in [-0.2, -0.15) is 5.10 Å². The molecular weight excluding hydrogens is 186 g/mol. The van der Waals surface area contributed by atoms with Crippen molar-refractivity contribution in [3.63, 3.8) is 0 Å². The van der Waals surface area contributed by atoms with Crippen LogP contribution < -0.4 is 0 Å². The fraction of sp³-hybridized carbons (Fsp3) is 0.750. The number of likely N-dealkylation sites (tertiary alicyclic amines) is 1. The van der Waals surface area contributed by atoms with Crippen LogP contribution in [0.15, 0.2) is 12.4 Å². The lowest BCUT2D eigenvalue weighted by Gasteiger charge is -2.20. The molecule has 2 heterocycles. The highest BCUT2D eigenvalue weighted by molar-refractivity contribution is 5.16. The topological polar surface area (TPSA) is 21.1 Å². The summed E-state index contributed by atoms with van der Waals surface area (Å²) in [5.74, 6) is 2.20. The largest absolute Gasteiger partial charge is 0.305 e. The molecule has 1 aliphatic heterocycles. The first kappa shape index (κ1) is 10.7. The lowest BCUT2D eigenvalue weighted by atomic mass is 9.83. The summed E-state index contributed by atoms with van der Waals surface area (Å²) in [6.07, 6.45) is 4.19. The van der Waals surface area contributed by atoms with Crippen LogP contribution in [0.4, 0.5) is 0 Å². The molecule has 0 saturated carbocycles. The quantitative estimate of drug-likeness (QED) is 0.736. The summed E-state index contributed by atoms with van der Waals surface area (Å²) < 4.78 is 1.91. The molecule has 0 aliphatic carbocycles. The van der Waals surface area contributed by atoms with Gasteiger partial charge in [0.2, 0.25) is 0 Å². The van der Waals surface area contributed by atoms with Gasteiger partial charge in [0.15, 0.2) is 0 Å². The monoisotopic (exact) mass is 207 g/mol.